The fourth-order valence-electron chi connectivity index (χ4n) is 4.10. The van der Waals surface area contributed by atoms with E-state index in [1.54, 1.807) is 0 Å². The van der Waals surface area contributed by atoms with Crippen molar-refractivity contribution in [2.45, 2.75) is 17.0 Å². The molecule has 0 aromatic heterocycles. The van der Waals surface area contributed by atoms with Crippen LogP contribution in [0.3, 0.4) is 0 Å². The summed E-state index contributed by atoms with van der Waals surface area (Å²) in [5, 5.41) is 4.62. The van der Waals surface area contributed by atoms with Gasteiger partial charge in [-0.3, -0.25) is 4.79 Å². The van der Waals surface area contributed by atoms with Crippen molar-refractivity contribution in [3.8, 4) is 0 Å². The summed E-state index contributed by atoms with van der Waals surface area (Å²) in [6.45, 7) is -1.96. The summed E-state index contributed by atoms with van der Waals surface area (Å²) < 4.78 is 0. The van der Waals surface area contributed by atoms with Crippen molar-refractivity contribution < 1.29 is 4.79 Å². The maximum Gasteiger partial charge on any atom is 0.230 e. The number of thioether (sulfide) groups is 1. The van der Waals surface area contributed by atoms with Gasteiger partial charge in [-0.25, -0.2) is 0 Å². The number of carbonyl (C=O) groups is 1. The highest BCUT2D eigenvalue weighted by atomic mass is 32.2. The Bertz CT molecular complexity index is 992. The molecule has 29 heavy (non-hydrogen) atoms. The molecular weight excluding hydrogens is 393 g/mol. The highest BCUT2D eigenvalue weighted by molar-refractivity contribution is 8.03. The van der Waals surface area contributed by atoms with E-state index in [0.717, 1.165) is 0 Å². The Morgan fingerprint density at radius 1 is 0.793 bits per heavy atom. The molecule has 1 amide bonds. The average Bonchev–Trinajstić information content (AvgIpc) is 2.78. The zero-order chi connectivity index (χ0) is 19.7. The molecule has 2 aliphatic rings. The molecule has 2 heterocycles. The van der Waals surface area contributed by atoms with E-state index in [1.165, 1.54) is 15.9 Å². The quantitative estimate of drug-likeness (QED) is 0.475. The third-order valence-electron chi connectivity index (χ3n) is 5.56. The molecule has 2 atom stereocenters. The number of rotatable bonds is 4. The summed E-state index contributed by atoms with van der Waals surface area (Å²) in [5.74, 6) is 2.79. The largest absolute Gasteiger partial charge is 0.306 e. The van der Waals surface area contributed by atoms with Crippen LogP contribution in [0.2, 0.25) is 0 Å². The summed E-state index contributed by atoms with van der Waals surface area (Å²) in [5.41, 5.74) is 0. The Morgan fingerprint density at radius 2 is 1.28 bits per heavy atom. The lowest BCUT2D eigenvalue weighted by Crippen LogP contribution is -2.49. The van der Waals surface area contributed by atoms with Crippen LogP contribution in [-0.2, 0) is 4.79 Å². The highest BCUT2D eigenvalue weighted by Gasteiger charge is 2.39. The first kappa shape index (κ1) is 18.5. The SMILES string of the molecule is O=C1C[C@H]2SC(C=P(c3ccccc3)(c3ccccc3)c3ccccc3)C=CN12. The van der Waals surface area contributed by atoms with E-state index in [9.17, 15) is 4.79 Å². The third kappa shape index (κ3) is 3.29. The summed E-state index contributed by atoms with van der Waals surface area (Å²) in [6.07, 6.45) is 4.82. The summed E-state index contributed by atoms with van der Waals surface area (Å²) in [4.78, 5) is 13.6. The van der Waals surface area contributed by atoms with Crippen LogP contribution < -0.4 is 15.9 Å². The lowest BCUT2D eigenvalue weighted by Gasteiger charge is -2.42. The van der Waals surface area contributed by atoms with Gasteiger partial charge in [-0.2, -0.15) is 0 Å². The standard InChI is InChI=1S/C25H22NOPS/c27-24-18-25-26(24)17-16-23(29-25)19-28(20-10-4-1-5-11-20,21-12-6-2-7-13-21)22-14-8-3-9-15-22/h1-17,19,23,25H,18H2/t23?,25-/m1/s1. The Hall–Kier alpha value is -2.48. The monoisotopic (exact) mass is 415 g/mol. The van der Waals surface area contributed by atoms with Gasteiger partial charge in [0.05, 0.1) is 11.8 Å². The van der Waals surface area contributed by atoms with Crippen LogP contribution in [0.5, 0.6) is 0 Å². The fourth-order valence-corrected chi connectivity index (χ4v) is 9.89. The molecule has 2 nitrogen and oxygen atoms in total. The van der Waals surface area contributed by atoms with Crippen molar-refractivity contribution in [1.29, 1.82) is 0 Å². The number of β-lactam (4-membered cyclic amide) rings is 1. The molecule has 0 bridgehead atoms. The molecule has 0 saturated carbocycles. The van der Waals surface area contributed by atoms with Crippen molar-refractivity contribution in [3.05, 3.63) is 103 Å². The fraction of sp³-hybridized carbons (Fsp3) is 0.120. The van der Waals surface area contributed by atoms with E-state index < -0.39 is 6.89 Å². The molecule has 4 heteroatoms. The Morgan fingerprint density at radius 3 is 1.69 bits per heavy atom. The average molecular weight is 415 g/mol. The number of hydrogen-bond acceptors (Lipinski definition) is 2. The van der Waals surface area contributed by atoms with Gasteiger partial charge in [-0.1, -0.05) is 103 Å². The second kappa shape index (κ2) is 7.74. The first-order chi connectivity index (χ1) is 14.3. The molecule has 0 radical (unpaired) electrons. The van der Waals surface area contributed by atoms with Gasteiger partial charge in [0, 0.05) is 11.4 Å². The first-order valence-corrected chi connectivity index (χ1v) is 12.6. The van der Waals surface area contributed by atoms with Gasteiger partial charge >= 0.3 is 0 Å². The lowest BCUT2D eigenvalue weighted by molar-refractivity contribution is -0.137. The van der Waals surface area contributed by atoms with Gasteiger partial charge in [-0.05, 0) is 22.8 Å². The second-order valence-electron chi connectivity index (χ2n) is 7.28. The smallest absolute Gasteiger partial charge is 0.230 e. The van der Waals surface area contributed by atoms with Crippen LogP contribution in [0.25, 0.3) is 0 Å². The van der Waals surface area contributed by atoms with Crippen LogP contribution in [0.4, 0.5) is 0 Å². The molecule has 144 valence electrons. The summed E-state index contributed by atoms with van der Waals surface area (Å²) in [6, 6.07) is 32.7. The lowest BCUT2D eigenvalue weighted by atomic mass is 10.2. The molecule has 0 N–H and O–H groups in total. The van der Waals surface area contributed by atoms with Crippen molar-refractivity contribution in [2.75, 3.05) is 0 Å². The van der Waals surface area contributed by atoms with E-state index in [2.05, 4.69) is 103 Å². The zero-order valence-electron chi connectivity index (χ0n) is 16.0. The van der Waals surface area contributed by atoms with Crippen molar-refractivity contribution in [1.82, 2.24) is 4.90 Å². The number of carbonyl (C=O) groups excluding carboxylic acids is 1. The predicted octanol–water partition coefficient (Wildman–Crippen LogP) is 3.97. The van der Waals surface area contributed by atoms with E-state index in [0.29, 0.717) is 6.42 Å². The van der Waals surface area contributed by atoms with Gasteiger partial charge in [0.1, 0.15) is 0 Å². The second-order valence-corrected chi connectivity index (χ2v) is 11.9. The normalized spacial score (nSPS) is 20.7. The molecule has 3 aromatic carbocycles. The number of amides is 1. The van der Waals surface area contributed by atoms with E-state index in [-0.39, 0.29) is 16.5 Å². The van der Waals surface area contributed by atoms with Crippen LogP contribution in [0.1, 0.15) is 6.42 Å². The van der Waals surface area contributed by atoms with Gasteiger partial charge in [0.25, 0.3) is 0 Å². The van der Waals surface area contributed by atoms with Crippen LogP contribution >= 0.6 is 18.6 Å². The molecule has 2 aliphatic heterocycles. The zero-order valence-corrected chi connectivity index (χ0v) is 17.7. The molecule has 5 rings (SSSR count). The molecule has 0 spiro atoms. The van der Waals surface area contributed by atoms with Gasteiger partial charge in [0.15, 0.2) is 0 Å². The van der Waals surface area contributed by atoms with Crippen molar-refractivity contribution in [3.63, 3.8) is 0 Å². The minimum absolute atomic E-state index is 0.229. The Kier molecular flexibility index (Phi) is 4.95. The molecule has 1 saturated heterocycles. The third-order valence-corrected chi connectivity index (χ3v) is 11.2. The number of benzene rings is 3. The maximum absolute atomic E-state index is 11.8. The molecule has 0 aliphatic carbocycles. The van der Waals surface area contributed by atoms with Crippen molar-refractivity contribution in [2.24, 2.45) is 0 Å². The van der Waals surface area contributed by atoms with Crippen LogP contribution in [-0.4, -0.2) is 27.2 Å². The Labute approximate surface area is 176 Å². The highest BCUT2D eigenvalue weighted by Crippen LogP contribution is 2.46. The van der Waals surface area contributed by atoms with Crippen LogP contribution in [0.15, 0.2) is 103 Å². The van der Waals surface area contributed by atoms with Gasteiger partial charge in [-0.15, -0.1) is 11.8 Å². The van der Waals surface area contributed by atoms with Crippen LogP contribution in [0, 0.1) is 0 Å². The predicted molar refractivity (Wildman–Crippen MR) is 127 cm³/mol. The minimum Gasteiger partial charge on any atom is -0.306 e. The molecule has 1 unspecified atom stereocenters. The number of fused-ring (bicyclic) bond motifs is 1. The van der Waals surface area contributed by atoms with Crippen molar-refractivity contribution >= 4 is 46.3 Å². The minimum atomic E-state index is -1.96. The maximum atomic E-state index is 11.8. The topological polar surface area (TPSA) is 20.3 Å². The molecular formula is C25H22NOPS. The Balaban J connectivity index is 1.76. The number of nitrogens with zero attached hydrogens (tertiary/aromatic N) is 1. The number of hydrogen-bond donors (Lipinski definition) is 0. The first-order valence-electron chi connectivity index (χ1n) is 9.84. The summed E-state index contributed by atoms with van der Waals surface area (Å²) in [7, 11) is 0. The van der Waals surface area contributed by atoms with E-state index >= 15 is 0 Å². The summed E-state index contributed by atoms with van der Waals surface area (Å²) >= 11 is 1.89. The van der Waals surface area contributed by atoms with Gasteiger partial charge in [0.2, 0.25) is 5.91 Å². The van der Waals surface area contributed by atoms with E-state index in [1.807, 2.05) is 22.9 Å². The molecule has 3 aromatic rings. The van der Waals surface area contributed by atoms with E-state index in [4.69, 9.17) is 0 Å². The van der Waals surface area contributed by atoms with Gasteiger partial charge < -0.3 is 4.90 Å². The molecule has 1 fully saturated rings.